The zero-order valence-electron chi connectivity index (χ0n) is 25.3. The quantitative estimate of drug-likeness (QED) is 0.273. The van der Waals surface area contributed by atoms with E-state index >= 15 is 0 Å². The highest BCUT2D eigenvalue weighted by Gasteiger charge is 2.41. The number of aromatic nitrogens is 2. The molecule has 0 saturated carbocycles. The van der Waals surface area contributed by atoms with Gasteiger partial charge in [0.15, 0.2) is 0 Å². The topological polar surface area (TPSA) is 152 Å². The van der Waals surface area contributed by atoms with Crippen LogP contribution in [0.1, 0.15) is 46.5 Å². The summed E-state index contributed by atoms with van der Waals surface area (Å²) in [7, 11) is 6.04. The van der Waals surface area contributed by atoms with Crippen molar-refractivity contribution in [1.82, 2.24) is 25.1 Å². The fraction of sp³-hybridized carbons (Fsp3) is 0.714. The number of esters is 1. The van der Waals surface area contributed by atoms with Crippen molar-refractivity contribution < 1.29 is 33.4 Å². The van der Waals surface area contributed by atoms with Gasteiger partial charge in [-0.05, 0) is 18.8 Å². The number of ether oxygens (including phenoxy) is 3. The van der Waals surface area contributed by atoms with Crippen LogP contribution < -0.4 is 10.6 Å². The number of likely N-dealkylation sites (N-methyl/N-ethyl adjacent to an activating group) is 1. The molecule has 230 valence electrons. The van der Waals surface area contributed by atoms with E-state index in [0.29, 0.717) is 18.8 Å². The van der Waals surface area contributed by atoms with Gasteiger partial charge >= 0.3 is 5.97 Å². The average molecular weight is 579 g/mol. The lowest BCUT2D eigenvalue weighted by Gasteiger charge is -2.39. The van der Waals surface area contributed by atoms with Gasteiger partial charge in [-0.25, -0.2) is 4.98 Å². The number of methoxy groups -OCH3 is 3. The Kier molecular flexibility index (Phi) is 13.9. The highest BCUT2D eigenvalue weighted by Crippen LogP contribution is 2.29. The molecule has 0 radical (unpaired) electrons. The second-order valence-corrected chi connectivity index (χ2v) is 10.4. The molecule has 1 saturated heterocycles. The molecule has 2 rings (SSSR count). The number of amides is 3. The molecule has 1 aliphatic heterocycles. The predicted molar refractivity (Wildman–Crippen MR) is 152 cm³/mol. The molecule has 1 aromatic rings. The molecule has 0 aromatic carbocycles. The van der Waals surface area contributed by atoms with Crippen molar-refractivity contribution >= 4 is 29.5 Å². The molecular formula is C28H46N6O7. The predicted octanol–water partition coefficient (Wildman–Crippen LogP) is 1.10. The number of hydrogen-bond donors (Lipinski definition) is 2. The molecule has 1 fully saturated rings. The molecule has 0 aliphatic carbocycles. The minimum atomic E-state index is -0.611. The Labute approximate surface area is 242 Å². The molecule has 13 heteroatoms. The summed E-state index contributed by atoms with van der Waals surface area (Å²) < 4.78 is 16.2. The summed E-state index contributed by atoms with van der Waals surface area (Å²) in [6.07, 6.45) is 5.82. The molecule has 0 bridgehead atoms. The van der Waals surface area contributed by atoms with Crippen LogP contribution in [-0.4, -0.2) is 116 Å². The molecule has 1 aliphatic rings. The van der Waals surface area contributed by atoms with Gasteiger partial charge in [-0.3, -0.25) is 24.2 Å². The minimum absolute atomic E-state index is 0.0200. The van der Waals surface area contributed by atoms with E-state index in [1.807, 2.05) is 13.8 Å². The van der Waals surface area contributed by atoms with Gasteiger partial charge in [-0.1, -0.05) is 27.2 Å². The maximum Gasteiger partial charge on any atom is 0.325 e. The van der Waals surface area contributed by atoms with Crippen molar-refractivity contribution in [2.45, 2.75) is 70.7 Å². The van der Waals surface area contributed by atoms with Gasteiger partial charge in [0.05, 0.1) is 56.5 Å². The van der Waals surface area contributed by atoms with Gasteiger partial charge in [0, 0.05) is 40.2 Å². The lowest BCUT2D eigenvalue weighted by atomic mass is 9.90. The fourth-order valence-corrected chi connectivity index (χ4v) is 5.40. The Hall–Kier alpha value is -3.32. The molecular weight excluding hydrogens is 532 g/mol. The highest BCUT2D eigenvalue weighted by atomic mass is 16.5. The summed E-state index contributed by atoms with van der Waals surface area (Å²) in [5, 5.41) is 5.56. The van der Waals surface area contributed by atoms with Crippen molar-refractivity contribution in [2.75, 3.05) is 53.3 Å². The van der Waals surface area contributed by atoms with Gasteiger partial charge in [-0.2, -0.15) is 0 Å². The summed E-state index contributed by atoms with van der Waals surface area (Å²) in [5.41, 5.74) is 0. The minimum Gasteiger partial charge on any atom is -0.468 e. The monoisotopic (exact) mass is 578 g/mol. The van der Waals surface area contributed by atoms with E-state index in [1.54, 1.807) is 49.5 Å². The summed E-state index contributed by atoms with van der Waals surface area (Å²) in [5.74, 6) is -1.27. The Morgan fingerprint density at radius 2 is 1.85 bits per heavy atom. The molecule has 41 heavy (non-hydrogen) atoms. The summed E-state index contributed by atoms with van der Waals surface area (Å²) >= 11 is 0. The maximum absolute atomic E-state index is 13.7. The zero-order valence-corrected chi connectivity index (χ0v) is 25.3. The Balaban J connectivity index is 2.13. The largest absolute Gasteiger partial charge is 0.468 e. The molecule has 0 spiro atoms. The molecule has 0 unspecified atom stereocenters. The molecule has 3 amide bonds. The van der Waals surface area contributed by atoms with E-state index in [9.17, 15) is 19.2 Å². The second kappa shape index (κ2) is 16.8. The van der Waals surface area contributed by atoms with Crippen molar-refractivity contribution in [3.05, 3.63) is 18.6 Å². The first kappa shape index (κ1) is 33.9. The number of anilines is 1. The summed E-state index contributed by atoms with van der Waals surface area (Å²) in [6.45, 7) is 6.10. The van der Waals surface area contributed by atoms with Crippen LogP contribution in [0.4, 0.5) is 5.82 Å². The maximum atomic E-state index is 13.7. The van der Waals surface area contributed by atoms with Crippen molar-refractivity contribution in [1.29, 1.82) is 0 Å². The van der Waals surface area contributed by atoms with Crippen LogP contribution in [0.3, 0.4) is 0 Å². The van der Waals surface area contributed by atoms with Crippen molar-refractivity contribution in [3.8, 4) is 0 Å². The van der Waals surface area contributed by atoms with Gasteiger partial charge in [-0.15, -0.1) is 0 Å². The summed E-state index contributed by atoms with van der Waals surface area (Å²) in [4.78, 5) is 62.6. The van der Waals surface area contributed by atoms with Crippen LogP contribution in [0.15, 0.2) is 18.6 Å². The van der Waals surface area contributed by atoms with E-state index in [-0.39, 0.29) is 55.2 Å². The number of rotatable bonds is 16. The first-order valence-corrected chi connectivity index (χ1v) is 14.0. The van der Waals surface area contributed by atoms with E-state index in [0.717, 1.165) is 12.8 Å². The molecule has 2 N–H and O–H groups in total. The van der Waals surface area contributed by atoms with Crippen LogP contribution >= 0.6 is 0 Å². The number of carbonyl (C=O) groups excluding carboxylic acids is 4. The molecule has 2 heterocycles. The third kappa shape index (κ3) is 9.35. The lowest BCUT2D eigenvalue weighted by molar-refractivity contribution is -0.146. The van der Waals surface area contributed by atoms with Gasteiger partial charge in [0.2, 0.25) is 17.7 Å². The Bertz CT molecular complexity index is 997. The van der Waals surface area contributed by atoms with E-state index in [1.165, 1.54) is 14.2 Å². The first-order chi connectivity index (χ1) is 19.6. The van der Waals surface area contributed by atoms with Crippen LogP contribution in [-0.2, 0) is 33.4 Å². The second-order valence-electron chi connectivity index (χ2n) is 10.4. The van der Waals surface area contributed by atoms with Crippen LogP contribution in [0, 0.1) is 11.8 Å². The van der Waals surface area contributed by atoms with E-state index in [2.05, 4.69) is 25.3 Å². The van der Waals surface area contributed by atoms with Crippen LogP contribution in [0.5, 0.6) is 0 Å². The highest BCUT2D eigenvalue weighted by molar-refractivity contribution is 5.84. The van der Waals surface area contributed by atoms with E-state index < -0.39 is 24.1 Å². The SMILES string of the molecule is CC[C@H](C)[C@@H]([C@@H](CC(=O)N1CCC[C@H]1[C@H](OC)[C@@H](C)C(=O)NCC(=O)OC)OC)N(C)C(=O)CNc1cnccn1. The van der Waals surface area contributed by atoms with Gasteiger partial charge < -0.3 is 34.6 Å². The standard InChI is InChI=1S/C28H46N6O7/c1-8-18(2)26(33(4)24(36)16-31-22-15-29-11-12-30-22)21(39-5)14-23(35)34-13-9-10-20(34)27(41-7)19(3)28(38)32-17-25(37)40-6/h11-12,15,18-21,26-27H,8-10,13-14,16-17H2,1-7H3,(H,30,31)(H,32,38)/t18-,19+,20-,21+,26-,27+/m0/s1. The number of nitrogens with zero attached hydrogens (tertiary/aromatic N) is 4. The van der Waals surface area contributed by atoms with Gasteiger partial charge in [0.1, 0.15) is 12.4 Å². The summed E-state index contributed by atoms with van der Waals surface area (Å²) in [6, 6.07) is -0.672. The van der Waals surface area contributed by atoms with E-state index in [4.69, 9.17) is 9.47 Å². The smallest absolute Gasteiger partial charge is 0.325 e. The van der Waals surface area contributed by atoms with Crippen LogP contribution in [0.2, 0.25) is 0 Å². The van der Waals surface area contributed by atoms with Crippen molar-refractivity contribution in [2.24, 2.45) is 11.8 Å². The molecule has 1 aromatic heterocycles. The Morgan fingerprint density at radius 3 is 2.44 bits per heavy atom. The first-order valence-electron chi connectivity index (χ1n) is 14.0. The number of likely N-dealkylation sites (tertiary alicyclic amines) is 1. The van der Waals surface area contributed by atoms with Crippen LogP contribution in [0.25, 0.3) is 0 Å². The zero-order chi connectivity index (χ0) is 30.5. The van der Waals surface area contributed by atoms with Gasteiger partial charge in [0.25, 0.3) is 0 Å². The molecule has 13 nitrogen and oxygen atoms in total. The number of nitrogens with one attached hydrogen (secondary N) is 2. The Morgan fingerprint density at radius 1 is 1.12 bits per heavy atom. The third-order valence-electron chi connectivity index (χ3n) is 7.92. The number of hydrogen-bond acceptors (Lipinski definition) is 10. The fourth-order valence-electron chi connectivity index (χ4n) is 5.40. The average Bonchev–Trinajstić information content (AvgIpc) is 3.48. The third-order valence-corrected chi connectivity index (χ3v) is 7.92. The van der Waals surface area contributed by atoms with Crippen molar-refractivity contribution in [3.63, 3.8) is 0 Å². The normalized spacial score (nSPS) is 18.5. The lowest BCUT2D eigenvalue weighted by Crippen LogP contribution is -2.54. The molecule has 6 atom stereocenters. The number of carbonyl (C=O) groups is 4.